The summed E-state index contributed by atoms with van der Waals surface area (Å²) in [4.78, 5) is 23.3. The van der Waals surface area contributed by atoms with Crippen molar-refractivity contribution in [3.63, 3.8) is 0 Å². The van der Waals surface area contributed by atoms with Crippen molar-refractivity contribution < 1.29 is 27.8 Å². The molecule has 6 nitrogen and oxygen atoms in total. The summed E-state index contributed by atoms with van der Waals surface area (Å²) >= 11 is 0. The lowest BCUT2D eigenvalue weighted by Gasteiger charge is -2.22. The van der Waals surface area contributed by atoms with Gasteiger partial charge < -0.3 is 20.2 Å². The summed E-state index contributed by atoms with van der Waals surface area (Å²) in [5.74, 6) is -3.63. The largest absolute Gasteiger partial charge is 0.462 e. The molecule has 2 N–H and O–H groups in total. The van der Waals surface area contributed by atoms with Crippen LogP contribution in [-0.2, 0) is 9.47 Å². The van der Waals surface area contributed by atoms with E-state index in [0.29, 0.717) is 0 Å². The molecule has 144 valence electrons. The zero-order valence-electron chi connectivity index (χ0n) is 15.5. The highest BCUT2D eigenvalue weighted by Gasteiger charge is 2.23. The second kappa shape index (κ2) is 8.73. The van der Waals surface area contributed by atoms with E-state index in [-0.39, 0.29) is 24.3 Å². The van der Waals surface area contributed by atoms with Gasteiger partial charge in [-0.3, -0.25) is 0 Å². The maximum Gasteiger partial charge on any atom is 0.407 e. The molecule has 8 heteroatoms. The first-order valence-corrected chi connectivity index (χ1v) is 8.18. The van der Waals surface area contributed by atoms with Gasteiger partial charge in [-0.25, -0.2) is 18.4 Å². The highest BCUT2D eigenvalue weighted by Crippen LogP contribution is 2.19. The van der Waals surface area contributed by atoms with Crippen molar-refractivity contribution >= 4 is 17.8 Å². The minimum absolute atomic E-state index is 0.0330. The predicted molar refractivity (Wildman–Crippen MR) is 92.6 cm³/mol. The van der Waals surface area contributed by atoms with E-state index >= 15 is 0 Å². The van der Waals surface area contributed by atoms with E-state index in [1.54, 1.807) is 34.6 Å². The Hall–Kier alpha value is -2.51. The number of carbonyl (C=O) groups is 2. The number of amides is 1. The third-order valence-electron chi connectivity index (χ3n) is 3.18. The van der Waals surface area contributed by atoms with Crippen LogP contribution < -0.4 is 5.32 Å². The molecular weight excluding hydrogens is 346 g/mol. The minimum Gasteiger partial charge on any atom is -0.462 e. The van der Waals surface area contributed by atoms with E-state index in [2.05, 4.69) is 10.1 Å². The molecule has 0 aliphatic heterocycles. The Bertz CT molecular complexity index is 699. The van der Waals surface area contributed by atoms with Gasteiger partial charge in [0.15, 0.2) is 11.6 Å². The fourth-order valence-corrected chi connectivity index (χ4v) is 2.12. The maximum absolute atomic E-state index is 14.2. The van der Waals surface area contributed by atoms with Crippen molar-refractivity contribution in [3.05, 3.63) is 34.9 Å². The molecule has 0 saturated heterocycles. The molecule has 0 bridgehead atoms. The van der Waals surface area contributed by atoms with Crippen LogP contribution in [0.1, 0.15) is 57.0 Å². The standard InChI is InChI=1S/C18H24F2N2O4/c1-6-25-16(23)12-8-7-11(14(19)15(12)20)13(21)9-10(2)22-17(24)26-18(3,4)5/h7-8,10,21H,6,9H2,1-5H3,(H,22,24). The summed E-state index contributed by atoms with van der Waals surface area (Å²) in [6, 6.07) is 1.68. The van der Waals surface area contributed by atoms with Crippen LogP contribution in [0.5, 0.6) is 0 Å². The SMILES string of the molecule is CCOC(=O)c1ccc(C(=N)CC(C)NC(=O)OC(C)(C)C)c(F)c1F. The first-order valence-electron chi connectivity index (χ1n) is 8.18. The molecule has 0 heterocycles. The van der Waals surface area contributed by atoms with Crippen LogP contribution in [0.3, 0.4) is 0 Å². The number of halogens is 2. The number of nitrogens with one attached hydrogen (secondary N) is 2. The summed E-state index contributed by atoms with van der Waals surface area (Å²) in [6.45, 7) is 8.33. The Balaban J connectivity index is 2.83. The van der Waals surface area contributed by atoms with Gasteiger partial charge in [-0.15, -0.1) is 0 Å². The Morgan fingerprint density at radius 1 is 1.19 bits per heavy atom. The van der Waals surface area contributed by atoms with Gasteiger partial charge in [0.05, 0.1) is 12.2 Å². The van der Waals surface area contributed by atoms with Crippen LogP contribution in [0, 0.1) is 17.0 Å². The third-order valence-corrected chi connectivity index (χ3v) is 3.18. The molecule has 1 aromatic carbocycles. The van der Waals surface area contributed by atoms with Crippen molar-refractivity contribution in [1.82, 2.24) is 5.32 Å². The van der Waals surface area contributed by atoms with Gasteiger partial charge in [0.2, 0.25) is 0 Å². The lowest BCUT2D eigenvalue weighted by molar-refractivity contribution is 0.0502. The summed E-state index contributed by atoms with van der Waals surface area (Å²) in [7, 11) is 0. The van der Waals surface area contributed by atoms with E-state index in [4.69, 9.17) is 10.1 Å². The number of benzene rings is 1. The first-order chi connectivity index (χ1) is 12.0. The highest BCUT2D eigenvalue weighted by molar-refractivity contribution is 6.00. The second-order valence-electron chi connectivity index (χ2n) is 6.74. The molecule has 1 aromatic rings. The monoisotopic (exact) mass is 370 g/mol. The molecule has 1 rings (SSSR count). The van der Waals surface area contributed by atoms with Gasteiger partial charge in [0, 0.05) is 23.7 Å². The molecule has 0 aliphatic rings. The zero-order chi connectivity index (χ0) is 20.1. The van der Waals surface area contributed by atoms with Crippen LogP contribution in [0.15, 0.2) is 12.1 Å². The number of hydrogen-bond donors (Lipinski definition) is 2. The number of hydrogen-bond acceptors (Lipinski definition) is 5. The van der Waals surface area contributed by atoms with Crippen LogP contribution in [-0.4, -0.2) is 36.0 Å². The molecular formula is C18H24F2N2O4. The molecule has 0 aromatic heterocycles. The maximum atomic E-state index is 14.2. The number of carbonyl (C=O) groups excluding carboxylic acids is 2. The lowest BCUT2D eigenvalue weighted by Crippen LogP contribution is -2.38. The zero-order valence-corrected chi connectivity index (χ0v) is 15.5. The molecule has 0 saturated carbocycles. The van der Waals surface area contributed by atoms with Crippen molar-refractivity contribution in [2.45, 2.75) is 52.7 Å². The molecule has 1 unspecified atom stereocenters. The molecule has 0 radical (unpaired) electrons. The Morgan fingerprint density at radius 2 is 1.73 bits per heavy atom. The molecule has 0 fully saturated rings. The van der Waals surface area contributed by atoms with E-state index in [9.17, 15) is 18.4 Å². The van der Waals surface area contributed by atoms with E-state index in [0.717, 1.165) is 12.1 Å². The van der Waals surface area contributed by atoms with Gasteiger partial charge in [0.25, 0.3) is 0 Å². The number of ether oxygens (including phenoxy) is 2. The third kappa shape index (κ3) is 6.09. The smallest absolute Gasteiger partial charge is 0.407 e. The van der Waals surface area contributed by atoms with Gasteiger partial charge in [-0.1, -0.05) is 0 Å². The Morgan fingerprint density at radius 3 is 2.27 bits per heavy atom. The topological polar surface area (TPSA) is 88.5 Å². The quantitative estimate of drug-likeness (QED) is 0.589. The molecule has 0 spiro atoms. The first kappa shape index (κ1) is 21.5. The van der Waals surface area contributed by atoms with Crippen molar-refractivity contribution in [2.75, 3.05) is 6.61 Å². The van der Waals surface area contributed by atoms with Crippen LogP contribution in [0.4, 0.5) is 13.6 Å². The van der Waals surface area contributed by atoms with Gasteiger partial charge in [0.1, 0.15) is 5.60 Å². The van der Waals surface area contributed by atoms with Crippen LogP contribution >= 0.6 is 0 Å². The van der Waals surface area contributed by atoms with Gasteiger partial charge >= 0.3 is 12.1 Å². The van der Waals surface area contributed by atoms with Gasteiger partial charge in [-0.05, 0) is 46.8 Å². The van der Waals surface area contributed by atoms with E-state index < -0.39 is 40.9 Å². The van der Waals surface area contributed by atoms with Crippen LogP contribution in [0.25, 0.3) is 0 Å². The summed E-state index contributed by atoms with van der Waals surface area (Å²) < 4.78 is 38.0. The number of rotatable bonds is 6. The number of esters is 1. The fourth-order valence-electron chi connectivity index (χ4n) is 2.12. The van der Waals surface area contributed by atoms with Crippen molar-refractivity contribution in [2.24, 2.45) is 0 Å². The Kier molecular flexibility index (Phi) is 7.23. The summed E-state index contributed by atoms with van der Waals surface area (Å²) in [5.41, 5.74) is -1.70. The average molecular weight is 370 g/mol. The van der Waals surface area contributed by atoms with Gasteiger partial charge in [-0.2, -0.15) is 0 Å². The average Bonchev–Trinajstić information content (AvgIpc) is 2.47. The predicted octanol–water partition coefficient (Wildman–Crippen LogP) is 3.81. The van der Waals surface area contributed by atoms with E-state index in [1.807, 2.05) is 0 Å². The molecule has 26 heavy (non-hydrogen) atoms. The minimum atomic E-state index is -1.36. The molecule has 0 aliphatic carbocycles. The Labute approximate surface area is 151 Å². The molecule has 1 atom stereocenters. The lowest BCUT2D eigenvalue weighted by atomic mass is 10.0. The van der Waals surface area contributed by atoms with Crippen molar-refractivity contribution in [1.29, 1.82) is 5.41 Å². The summed E-state index contributed by atoms with van der Waals surface area (Å²) in [5, 5.41) is 10.5. The fraction of sp³-hybridized carbons (Fsp3) is 0.500. The van der Waals surface area contributed by atoms with Crippen molar-refractivity contribution in [3.8, 4) is 0 Å². The van der Waals surface area contributed by atoms with Crippen LogP contribution in [0.2, 0.25) is 0 Å². The van der Waals surface area contributed by atoms with E-state index in [1.165, 1.54) is 0 Å². The normalized spacial score (nSPS) is 12.3. The summed E-state index contributed by atoms with van der Waals surface area (Å²) in [6.07, 6.45) is -0.712. The number of alkyl carbamates (subject to hydrolysis) is 1. The highest BCUT2D eigenvalue weighted by atomic mass is 19.2. The molecule has 1 amide bonds. The second-order valence-corrected chi connectivity index (χ2v) is 6.74.